The van der Waals surface area contributed by atoms with Crippen molar-refractivity contribution in [3.8, 4) is 0 Å². The van der Waals surface area contributed by atoms with Crippen LogP contribution in [0.15, 0.2) is 102 Å². The highest BCUT2D eigenvalue weighted by Crippen LogP contribution is 2.31. The standard InChI is InChI=1S/C34H33Cl4N3O4S/c1-2-3-17-39-34(43)32(18-24-11-6-4-7-12-24)40(22-29-30(37)15-10-16-31(29)38)33(42)23-41(27-20-25(35)19-26(36)21-27)46(44,45)28-13-8-5-9-14-28/h4-16,19-21,32H,2-3,17-18,22-23H2,1H3,(H,39,43). The second kappa shape index (κ2) is 16.5. The van der Waals surface area contributed by atoms with E-state index >= 15 is 0 Å². The highest BCUT2D eigenvalue weighted by molar-refractivity contribution is 7.92. The van der Waals surface area contributed by atoms with Gasteiger partial charge in [0.25, 0.3) is 10.0 Å². The third-order valence-electron chi connectivity index (χ3n) is 7.24. The first kappa shape index (κ1) is 35.6. The fourth-order valence-corrected chi connectivity index (χ4v) is 7.30. The van der Waals surface area contributed by atoms with Crippen molar-refractivity contribution >= 4 is 73.9 Å². The Bertz CT molecular complexity index is 1720. The van der Waals surface area contributed by atoms with Crippen molar-refractivity contribution in [2.24, 2.45) is 0 Å². The predicted octanol–water partition coefficient (Wildman–Crippen LogP) is 8.05. The number of carbonyl (C=O) groups excluding carboxylic acids is 2. The summed E-state index contributed by atoms with van der Waals surface area (Å²) in [5.41, 5.74) is 1.30. The summed E-state index contributed by atoms with van der Waals surface area (Å²) in [6, 6.07) is 25.2. The number of anilines is 1. The highest BCUT2D eigenvalue weighted by Gasteiger charge is 2.35. The van der Waals surface area contributed by atoms with Crippen molar-refractivity contribution in [2.45, 2.75) is 43.7 Å². The third-order valence-corrected chi connectivity index (χ3v) is 10.2. The molecule has 0 saturated heterocycles. The van der Waals surface area contributed by atoms with Gasteiger partial charge in [-0.05, 0) is 54.4 Å². The zero-order valence-electron chi connectivity index (χ0n) is 25.0. The minimum atomic E-state index is -4.31. The zero-order chi connectivity index (χ0) is 33.3. The number of nitrogens with one attached hydrogen (secondary N) is 1. The lowest BCUT2D eigenvalue weighted by Gasteiger charge is -2.34. The predicted molar refractivity (Wildman–Crippen MR) is 186 cm³/mol. The van der Waals surface area contributed by atoms with Crippen LogP contribution in [0.25, 0.3) is 0 Å². The fraction of sp³-hybridized carbons (Fsp3) is 0.235. The molecule has 12 heteroatoms. The van der Waals surface area contributed by atoms with Gasteiger partial charge in [-0.2, -0.15) is 0 Å². The molecule has 0 saturated carbocycles. The van der Waals surface area contributed by atoms with Crippen molar-refractivity contribution < 1.29 is 18.0 Å². The average molecular weight is 722 g/mol. The van der Waals surface area contributed by atoms with Gasteiger partial charge in [0.15, 0.2) is 0 Å². The van der Waals surface area contributed by atoms with Gasteiger partial charge in [0.2, 0.25) is 11.8 Å². The molecule has 0 radical (unpaired) electrons. The minimum Gasteiger partial charge on any atom is -0.354 e. The molecule has 4 rings (SSSR count). The monoisotopic (exact) mass is 719 g/mol. The van der Waals surface area contributed by atoms with Gasteiger partial charge in [0.05, 0.1) is 10.6 Å². The molecule has 242 valence electrons. The molecule has 1 unspecified atom stereocenters. The third kappa shape index (κ3) is 9.17. The highest BCUT2D eigenvalue weighted by atomic mass is 35.5. The Morgan fingerprint density at radius 2 is 1.39 bits per heavy atom. The number of nitrogens with zero attached hydrogens (tertiary/aromatic N) is 2. The second-order valence-corrected chi connectivity index (χ2v) is 14.1. The molecule has 4 aromatic carbocycles. The molecule has 0 aliphatic rings. The van der Waals surface area contributed by atoms with Crippen molar-refractivity contribution in [3.63, 3.8) is 0 Å². The summed E-state index contributed by atoms with van der Waals surface area (Å²) in [7, 11) is -4.31. The topological polar surface area (TPSA) is 86.8 Å². The Balaban J connectivity index is 1.84. The summed E-state index contributed by atoms with van der Waals surface area (Å²) in [5.74, 6) is -1.06. The number of carbonyl (C=O) groups is 2. The Hall–Kier alpha value is -3.27. The molecule has 0 heterocycles. The first-order valence-electron chi connectivity index (χ1n) is 14.6. The maximum absolute atomic E-state index is 14.6. The Kier molecular flexibility index (Phi) is 12.8. The number of amides is 2. The number of hydrogen-bond acceptors (Lipinski definition) is 4. The molecule has 0 spiro atoms. The van der Waals surface area contributed by atoms with Gasteiger partial charge in [0.1, 0.15) is 12.6 Å². The van der Waals surface area contributed by atoms with E-state index in [4.69, 9.17) is 46.4 Å². The van der Waals surface area contributed by atoms with Gasteiger partial charge in [0, 0.05) is 45.2 Å². The van der Waals surface area contributed by atoms with Crippen LogP contribution in [0.4, 0.5) is 5.69 Å². The van der Waals surface area contributed by atoms with Gasteiger partial charge < -0.3 is 10.2 Å². The lowest BCUT2D eigenvalue weighted by Crippen LogP contribution is -2.53. The molecule has 0 aliphatic carbocycles. The van der Waals surface area contributed by atoms with E-state index in [-0.39, 0.29) is 33.6 Å². The van der Waals surface area contributed by atoms with E-state index in [0.717, 1.165) is 22.7 Å². The molecule has 0 bridgehead atoms. The van der Waals surface area contributed by atoms with Gasteiger partial charge in [-0.1, -0.05) is 114 Å². The van der Waals surface area contributed by atoms with Crippen molar-refractivity contribution in [1.82, 2.24) is 10.2 Å². The van der Waals surface area contributed by atoms with Crippen molar-refractivity contribution in [2.75, 3.05) is 17.4 Å². The van der Waals surface area contributed by atoms with Crippen LogP contribution in [0.3, 0.4) is 0 Å². The molecule has 1 N–H and O–H groups in total. The van der Waals surface area contributed by atoms with Crippen LogP contribution in [0, 0.1) is 0 Å². The van der Waals surface area contributed by atoms with Gasteiger partial charge in [-0.15, -0.1) is 0 Å². The maximum Gasteiger partial charge on any atom is 0.264 e. The van der Waals surface area contributed by atoms with Gasteiger partial charge in [-0.25, -0.2) is 8.42 Å². The first-order chi connectivity index (χ1) is 22.0. The summed E-state index contributed by atoms with van der Waals surface area (Å²) < 4.78 is 29.1. The molecule has 7 nitrogen and oxygen atoms in total. The largest absolute Gasteiger partial charge is 0.354 e. The van der Waals surface area contributed by atoms with E-state index in [1.165, 1.54) is 35.2 Å². The second-order valence-electron chi connectivity index (χ2n) is 10.5. The number of hydrogen-bond donors (Lipinski definition) is 1. The van der Waals surface area contributed by atoms with Crippen LogP contribution in [-0.2, 0) is 32.6 Å². The molecule has 1 atom stereocenters. The smallest absolute Gasteiger partial charge is 0.264 e. The van der Waals surface area contributed by atoms with Crippen LogP contribution in [0.5, 0.6) is 0 Å². The summed E-state index contributed by atoms with van der Waals surface area (Å²) in [5, 5.41) is 3.90. The van der Waals surface area contributed by atoms with Crippen LogP contribution < -0.4 is 9.62 Å². The molecule has 46 heavy (non-hydrogen) atoms. The zero-order valence-corrected chi connectivity index (χ0v) is 28.8. The molecule has 0 aromatic heterocycles. The quantitative estimate of drug-likeness (QED) is 0.134. The molecule has 0 fully saturated rings. The number of halogens is 4. The van der Waals surface area contributed by atoms with E-state index in [1.807, 2.05) is 37.3 Å². The summed E-state index contributed by atoms with van der Waals surface area (Å²) in [6.45, 7) is 1.58. The van der Waals surface area contributed by atoms with Crippen LogP contribution in [0.2, 0.25) is 20.1 Å². The fourth-order valence-electron chi connectivity index (χ4n) is 4.85. The summed E-state index contributed by atoms with van der Waals surface area (Å²) in [4.78, 5) is 29.7. The minimum absolute atomic E-state index is 0.0438. The van der Waals surface area contributed by atoms with Crippen molar-refractivity contribution in [1.29, 1.82) is 0 Å². The number of rotatable bonds is 14. The van der Waals surface area contributed by atoms with Crippen LogP contribution in [-0.4, -0.2) is 44.3 Å². The number of benzene rings is 4. The first-order valence-corrected chi connectivity index (χ1v) is 17.5. The molecular weight excluding hydrogens is 688 g/mol. The SMILES string of the molecule is CCCCNC(=O)C(Cc1ccccc1)N(Cc1c(Cl)cccc1Cl)C(=O)CN(c1cc(Cl)cc(Cl)c1)S(=O)(=O)c1ccccc1. The number of sulfonamides is 1. The van der Waals surface area contributed by atoms with Crippen LogP contribution >= 0.6 is 46.4 Å². The van der Waals surface area contributed by atoms with Crippen molar-refractivity contribution in [3.05, 3.63) is 128 Å². The molecule has 2 amide bonds. The van der Waals surface area contributed by atoms with E-state index in [0.29, 0.717) is 22.2 Å². The average Bonchev–Trinajstić information content (AvgIpc) is 3.03. The Labute approximate surface area is 290 Å². The van der Waals surface area contributed by atoms with E-state index in [9.17, 15) is 18.0 Å². The number of unbranched alkanes of at least 4 members (excludes halogenated alkanes) is 1. The van der Waals surface area contributed by atoms with E-state index in [2.05, 4.69) is 5.32 Å². The van der Waals surface area contributed by atoms with Gasteiger partial charge >= 0.3 is 0 Å². The van der Waals surface area contributed by atoms with Crippen LogP contribution in [0.1, 0.15) is 30.9 Å². The summed E-state index contributed by atoms with van der Waals surface area (Å²) >= 11 is 25.7. The molecular formula is C34H33Cl4N3O4S. The Morgan fingerprint density at radius 1 is 0.804 bits per heavy atom. The Morgan fingerprint density at radius 3 is 1.98 bits per heavy atom. The summed E-state index contributed by atoms with van der Waals surface area (Å²) in [6.07, 6.45) is 1.75. The molecule has 0 aliphatic heterocycles. The van der Waals surface area contributed by atoms with E-state index < -0.39 is 34.4 Å². The normalized spacial score (nSPS) is 11.9. The lowest BCUT2D eigenvalue weighted by molar-refractivity contribution is -0.140. The molecule has 4 aromatic rings. The lowest BCUT2D eigenvalue weighted by atomic mass is 10.0. The van der Waals surface area contributed by atoms with E-state index in [1.54, 1.807) is 36.4 Å². The maximum atomic E-state index is 14.6. The van der Waals surface area contributed by atoms with Gasteiger partial charge in [-0.3, -0.25) is 13.9 Å².